The van der Waals surface area contributed by atoms with Crippen molar-refractivity contribution in [1.29, 1.82) is 0 Å². The summed E-state index contributed by atoms with van der Waals surface area (Å²) in [6, 6.07) is 0. The Morgan fingerprint density at radius 1 is 1.47 bits per heavy atom. The number of fused-ring (bicyclic) bond motifs is 1. The molecule has 2 saturated heterocycles. The van der Waals surface area contributed by atoms with Crippen LogP contribution >= 0.6 is 0 Å². The van der Waals surface area contributed by atoms with Crippen molar-refractivity contribution in [2.24, 2.45) is 11.8 Å². The molecule has 0 aromatic heterocycles. The second kappa shape index (κ2) is 3.93. The molecular weight excluding hydrogens is 242 g/mol. The summed E-state index contributed by atoms with van der Waals surface area (Å²) in [4.78, 5) is 14.2. The summed E-state index contributed by atoms with van der Waals surface area (Å²) in [6.45, 7) is 2.55. The van der Waals surface area contributed by atoms with E-state index in [0.29, 0.717) is 24.9 Å². The number of aliphatic hydroxyl groups excluding tert-OH is 1. The minimum atomic E-state index is -0.394. The lowest BCUT2D eigenvalue weighted by Gasteiger charge is -2.55. The number of nitrogens with zero attached hydrogens (tertiary/aromatic N) is 1. The van der Waals surface area contributed by atoms with Crippen LogP contribution in [0, 0.1) is 11.8 Å². The molecule has 4 nitrogen and oxygen atoms in total. The molecule has 0 aromatic carbocycles. The molecular formula is C15H19NO3. The van der Waals surface area contributed by atoms with Gasteiger partial charge in [0.1, 0.15) is 0 Å². The molecule has 1 spiro atoms. The van der Waals surface area contributed by atoms with Gasteiger partial charge in [-0.3, -0.25) is 9.69 Å². The third-order valence-corrected chi connectivity index (χ3v) is 5.41. The van der Waals surface area contributed by atoms with E-state index in [0.717, 1.165) is 25.9 Å². The van der Waals surface area contributed by atoms with Crippen LogP contribution < -0.4 is 0 Å². The second-order valence-corrected chi connectivity index (χ2v) is 6.20. The van der Waals surface area contributed by atoms with Crippen LogP contribution in [0.1, 0.15) is 19.3 Å². The van der Waals surface area contributed by atoms with Crippen molar-refractivity contribution in [2.75, 3.05) is 19.7 Å². The Bertz CT molecular complexity index is 484. The van der Waals surface area contributed by atoms with E-state index >= 15 is 0 Å². The molecule has 0 aromatic rings. The fourth-order valence-corrected chi connectivity index (χ4v) is 4.57. The zero-order valence-electron chi connectivity index (χ0n) is 10.9. The van der Waals surface area contributed by atoms with Gasteiger partial charge in [0, 0.05) is 6.54 Å². The molecule has 0 radical (unpaired) electrons. The summed E-state index contributed by atoms with van der Waals surface area (Å²) >= 11 is 0. The minimum absolute atomic E-state index is 0.0761. The number of piperidine rings is 1. The molecule has 1 N–H and O–H groups in total. The lowest BCUT2D eigenvalue weighted by Crippen LogP contribution is -2.62. The third kappa shape index (κ3) is 1.50. The first-order chi connectivity index (χ1) is 9.20. The predicted octanol–water partition coefficient (Wildman–Crippen LogP) is 0.871. The van der Waals surface area contributed by atoms with Gasteiger partial charge >= 0.3 is 5.97 Å². The van der Waals surface area contributed by atoms with Crippen LogP contribution in [0.5, 0.6) is 0 Å². The summed E-state index contributed by atoms with van der Waals surface area (Å²) in [5.74, 6) is 0.678. The number of hydrogen-bond donors (Lipinski definition) is 1. The molecule has 19 heavy (non-hydrogen) atoms. The lowest BCUT2D eigenvalue weighted by molar-refractivity contribution is -0.162. The van der Waals surface area contributed by atoms with Gasteiger partial charge < -0.3 is 9.84 Å². The molecule has 0 amide bonds. The molecule has 0 bridgehead atoms. The first-order valence-electron chi connectivity index (χ1n) is 7.18. The summed E-state index contributed by atoms with van der Waals surface area (Å²) in [5, 5.41) is 10.1. The van der Waals surface area contributed by atoms with Gasteiger partial charge in [0.25, 0.3) is 0 Å². The SMILES string of the molecule is O=C1C[C@@H]2[C@@H](CCN3CC=C4C=C[C@H](O)C[C@]423)CO1. The van der Waals surface area contributed by atoms with Crippen molar-refractivity contribution < 1.29 is 14.6 Å². The smallest absolute Gasteiger partial charge is 0.306 e. The van der Waals surface area contributed by atoms with Crippen molar-refractivity contribution in [3.8, 4) is 0 Å². The van der Waals surface area contributed by atoms with E-state index in [1.807, 2.05) is 6.08 Å². The van der Waals surface area contributed by atoms with Gasteiger partial charge in [-0.25, -0.2) is 0 Å². The molecule has 0 saturated carbocycles. The number of esters is 1. The fourth-order valence-electron chi connectivity index (χ4n) is 4.57. The summed E-state index contributed by atoms with van der Waals surface area (Å²) in [6.07, 6.45) is 8.14. The number of cyclic esters (lactones) is 1. The Morgan fingerprint density at radius 3 is 3.26 bits per heavy atom. The maximum atomic E-state index is 11.7. The maximum absolute atomic E-state index is 11.7. The topological polar surface area (TPSA) is 49.8 Å². The van der Waals surface area contributed by atoms with Crippen LogP contribution in [0.25, 0.3) is 0 Å². The highest BCUT2D eigenvalue weighted by molar-refractivity contribution is 5.71. The van der Waals surface area contributed by atoms with E-state index in [2.05, 4.69) is 17.1 Å². The Kier molecular flexibility index (Phi) is 2.42. The third-order valence-electron chi connectivity index (χ3n) is 5.41. The van der Waals surface area contributed by atoms with Crippen LogP contribution in [0.4, 0.5) is 0 Å². The summed E-state index contributed by atoms with van der Waals surface area (Å²) in [7, 11) is 0. The van der Waals surface area contributed by atoms with E-state index < -0.39 is 6.10 Å². The molecule has 0 unspecified atom stereocenters. The Balaban J connectivity index is 1.78. The van der Waals surface area contributed by atoms with Gasteiger partial charge in [-0.15, -0.1) is 0 Å². The van der Waals surface area contributed by atoms with Crippen LogP contribution in [-0.2, 0) is 9.53 Å². The van der Waals surface area contributed by atoms with Gasteiger partial charge in [-0.1, -0.05) is 18.2 Å². The first-order valence-corrected chi connectivity index (χ1v) is 7.18. The molecule has 1 aliphatic carbocycles. The number of rotatable bonds is 0. The molecule has 4 aliphatic rings. The molecule has 4 heteroatoms. The quantitative estimate of drug-likeness (QED) is 0.657. The predicted molar refractivity (Wildman–Crippen MR) is 69.3 cm³/mol. The molecule has 102 valence electrons. The molecule has 4 atom stereocenters. The van der Waals surface area contributed by atoms with Gasteiger partial charge in [0.15, 0.2) is 0 Å². The zero-order valence-corrected chi connectivity index (χ0v) is 10.9. The van der Waals surface area contributed by atoms with E-state index in [1.54, 1.807) is 0 Å². The van der Waals surface area contributed by atoms with Gasteiger partial charge in [-0.2, -0.15) is 0 Å². The zero-order chi connectivity index (χ0) is 13.0. The Hall–Kier alpha value is -1.13. The average Bonchev–Trinajstić information content (AvgIpc) is 2.77. The minimum Gasteiger partial charge on any atom is -0.465 e. The summed E-state index contributed by atoms with van der Waals surface area (Å²) in [5.41, 5.74) is 1.19. The Labute approximate surface area is 112 Å². The number of ether oxygens (including phenoxy) is 1. The first kappa shape index (κ1) is 11.7. The molecule has 3 aliphatic heterocycles. The van der Waals surface area contributed by atoms with Crippen LogP contribution in [-0.4, -0.2) is 47.3 Å². The lowest BCUT2D eigenvalue weighted by atomic mass is 9.62. The highest BCUT2D eigenvalue weighted by Crippen LogP contribution is 2.52. The average molecular weight is 261 g/mol. The van der Waals surface area contributed by atoms with E-state index in [4.69, 9.17) is 4.74 Å². The van der Waals surface area contributed by atoms with Gasteiger partial charge in [0.2, 0.25) is 0 Å². The standard InChI is InChI=1S/C15H19NO3/c17-12-2-1-11-4-6-16-5-3-10-9-19-14(18)7-13(10)15(11,16)8-12/h1-2,4,10,12-13,17H,3,5-9H2/t10-,12-,13+,15-/m0/s1. The molecule has 2 fully saturated rings. The van der Waals surface area contributed by atoms with Crippen molar-refractivity contribution in [1.82, 2.24) is 4.90 Å². The van der Waals surface area contributed by atoms with Crippen molar-refractivity contribution in [2.45, 2.75) is 30.9 Å². The maximum Gasteiger partial charge on any atom is 0.306 e. The van der Waals surface area contributed by atoms with Crippen LogP contribution in [0.2, 0.25) is 0 Å². The number of aliphatic hydroxyl groups is 1. The second-order valence-electron chi connectivity index (χ2n) is 6.20. The van der Waals surface area contributed by atoms with Gasteiger partial charge in [-0.05, 0) is 36.8 Å². The largest absolute Gasteiger partial charge is 0.465 e. The molecule has 4 rings (SSSR count). The number of hydrogen-bond acceptors (Lipinski definition) is 4. The van der Waals surface area contributed by atoms with E-state index in [1.165, 1.54) is 5.57 Å². The van der Waals surface area contributed by atoms with E-state index in [9.17, 15) is 9.90 Å². The summed E-state index contributed by atoms with van der Waals surface area (Å²) < 4.78 is 5.24. The number of carbonyl (C=O) groups is 1. The fraction of sp³-hybridized carbons (Fsp3) is 0.667. The van der Waals surface area contributed by atoms with E-state index in [-0.39, 0.29) is 11.5 Å². The van der Waals surface area contributed by atoms with Crippen LogP contribution in [0.3, 0.4) is 0 Å². The normalized spacial score (nSPS) is 45.0. The Morgan fingerprint density at radius 2 is 2.37 bits per heavy atom. The highest BCUT2D eigenvalue weighted by Gasteiger charge is 2.57. The van der Waals surface area contributed by atoms with Gasteiger partial charge in [0.05, 0.1) is 24.7 Å². The van der Waals surface area contributed by atoms with Crippen molar-refractivity contribution >= 4 is 5.97 Å². The number of carbonyl (C=O) groups excluding carboxylic acids is 1. The van der Waals surface area contributed by atoms with Crippen molar-refractivity contribution in [3.63, 3.8) is 0 Å². The highest BCUT2D eigenvalue weighted by atomic mass is 16.5. The van der Waals surface area contributed by atoms with Crippen molar-refractivity contribution in [3.05, 3.63) is 23.8 Å². The monoisotopic (exact) mass is 261 g/mol. The van der Waals surface area contributed by atoms with Crippen LogP contribution in [0.15, 0.2) is 23.8 Å². The molecule has 3 heterocycles.